The Balaban J connectivity index is 2.13. The first kappa shape index (κ1) is 11.6. The lowest BCUT2D eigenvalue weighted by atomic mass is 10.3. The third-order valence-electron chi connectivity index (χ3n) is 2.95. The van der Waals surface area contributed by atoms with E-state index in [4.69, 9.17) is 0 Å². The lowest BCUT2D eigenvalue weighted by Gasteiger charge is -2.07. The van der Waals surface area contributed by atoms with E-state index in [0.29, 0.717) is 0 Å². The predicted molar refractivity (Wildman–Crippen MR) is 64.0 cm³/mol. The first-order valence-electron chi connectivity index (χ1n) is 5.58. The van der Waals surface area contributed by atoms with E-state index in [0.717, 1.165) is 42.0 Å². The molecule has 0 aliphatic heterocycles. The second-order valence-electron chi connectivity index (χ2n) is 4.18. The highest BCUT2D eigenvalue weighted by molar-refractivity contribution is 5.77. The highest BCUT2D eigenvalue weighted by atomic mass is 16.1. The molecule has 0 saturated heterocycles. The van der Waals surface area contributed by atoms with Gasteiger partial charge in [0.25, 0.3) is 0 Å². The summed E-state index contributed by atoms with van der Waals surface area (Å²) in [6.45, 7) is 4.77. The summed E-state index contributed by atoms with van der Waals surface area (Å²) in [5, 5.41) is 4.23. The zero-order chi connectivity index (χ0) is 12.4. The number of aldehydes is 1. The van der Waals surface area contributed by atoms with Gasteiger partial charge < -0.3 is 4.57 Å². The van der Waals surface area contributed by atoms with Gasteiger partial charge in [0.1, 0.15) is 6.33 Å². The van der Waals surface area contributed by atoms with Gasteiger partial charge in [-0.1, -0.05) is 0 Å². The van der Waals surface area contributed by atoms with E-state index in [-0.39, 0.29) is 0 Å². The quantitative estimate of drug-likeness (QED) is 0.746. The number of carbonyl (C=O) groups excluding carboxylic acids is 1. The molecule has 17 heavy (non-hydrogen) atoms. The summed E-state index contributed by atoms with van der Waals surface area (Å²) in [4.78, 5) is 15.0. The molecular weight excluding hydrogens is 216 g/mol. The van der Waals surface area contributed by atoms with Crippen molar-refractivity contribution in [3.05, 3.63) is 35.2 Å². The maximum absolute atomic E-state index is 10.8. The van der Waals surface area contributed by atoms with Crippen molar-refractivity contribution in [3.63, 3.8) is 0 Å². The standard InChI is InChI=1S/C12H16N4O/c1-9-6-11(7-17)10(2)16(9)5-4-12-13-8-15(3)14-12/h6-8H,4-5H2,1-3H3. The number of aromatic nitrogens is 4. The minimum absolute atomic E-state index is 0.761. The van der Waals surface area contributed by atoms with Crippen molar-refractivity contribution in [3.8, 4) is 0 Å². The smallest absolute Gasteiger partial charge is 0.152 e. The van der Waals surface area contributed by atoms with Crippen LogP contribution in [0.2, 0.25) is 0 Å². The first-order chi connectivity index (χ1) is 8.11. The van der Waals surface area contributed by atoms with Crippen LogP contribution in [0.1, 0.15) is 27.6 Å². The largest absolute Gasteiger partial charge is 0.348 e. The Bertz CT molecular complexity index is 539. The molecule has 0 amide bonds. The number of hydrogen-bond donors (Lipinski definition) is 0. The van der Waals surface area contributed by atoms with Crippen LogP contribution in [0.4, 0.5) is 0 Å². The van der Waals surface area contributed by atoms with E-state index in [9.17, 15) is 4.79 Å². The number of aryl methyl sites for hydroxylation is 3. The Morgan fingerprint density at radius 1 is 1.41 bits per heavy atom. The van der Waals surface area contributed by atoms with Gasteiger partial charge in [-0.2, -0.15) is 5.10 Å². The molecule has 0 bridgehead atoms. The molecule has 2 rings (SSSR count). The first-order valence-corrected chi connectivity index (χ1v) is 5.58. The molecule has 2 aromatic rings. The van der Waals surface area contributed by atoms with Gasteiger partial charge in [0.2, 0.25) is 0 Å². The average Bonchev–Trinajstić information content (AvgIpc) is 2.82. The fourth-order valence-electron chi connectivity index (χ4n) is 2.00. The Labute approximate surface area is 100 Å². The van der Waals surface area contributed by atoms with Gasteiger partial charge in [-0.05, 0) is 19.9 Å². The maximum Gasteiger partial charge on any atom is 0.152 e. The fourth-order valence-corrected chi connectivity index (χ4v) is 2.00. The third-order valence-corrected chi connectivity index (χ3v) is 2.95. The van der Waals surface area contributed by atoms with Crippen LogP contribution in [0.25, 0.3) is 0 Å². The molecule has 5 nitrogen and oxygen atoms in total. The molecular formula is C12H16N4O. The molecule has 0 aromatic carbocycles. The van der Waals surface area contributed by atoms with E-state index < -0.39 is 0 Å². The molecule has 0 aliphatic rings. The fraction of sp³-hybridized carbons (Fsp3) is 0.417. The minimum Gasteiger partial charge on any atom is -0.348 e. The van der Waals surface area contributed by atoms with Gasteiger partial charge in [0.15, 0.2) is 12.1 Å². The molecule has 5 heteroatoms. The predicted octanol–water partition coefficient (Wildman–Crippen LogP) is 1.29. The maximum atomic E-state index is 10.8. The van der Waals surface area contributed by atoms with E-state index in [1.807, 2.05) is 27.0 Å². The van der Waals surface area contributed by atoms with E-state index in [1.54, 1.807) is 11.0 Å². The Hall–Kier alpha value is -1.91. The van der Waals surface area contributed by atoms with Crippen LogP contribution in [-0.4, -0.2) is 25.6 Å². The summed E-state index contributed by atoms with van der Waals surface area (Å²) >= 11 is 0. The summed E-state index contributed by atoms with van der Waals surface area (Å²) < 4.78 is 3.82. The molecule has 0 N–H and O–H groups in total. The summed E-state index contributed by atoms with van der Waals surface area (Å²) in [5.74, 6) is 0.827. The van der Waals surface area contributed by atoms with Crippen molar-refractivity contribution in [2.75, 3.05) is 0 Å². The van der Waals surface area contributed by atoms with Crippen LogP contribution in [0, 0.1) is 13.8 Å². The SMILES string of the molecule is Cc1cc(C=O)c(C)n1CCc1ncn(C)n1. The zero-order valence-corrected chi connectivity index (χ0v) is 10.3. The van der Waals surface area contributed by atoms with Crippen molar-refractivity contribution < 1.29 is 4.79 Å². The molecule has 0 saturated carbocycles. The van der Waals surface area contributed by atoms with Crippen LogP contribution >= 0.6 is 0 Å². The van der Waals surface area contributed by atoms with Crippen LogP contribution in [0.3, 0.4) is 0 Å². The number of carbonyl (C=O) groups is 1. The zero-order valence-electron chi connectivity index (χ0n) is 10.3. The van der Waals surface area contributed by atoms with Crippen molar-refractivity contribution in [1.29, 1.82) is 0 Å². The van der Waals surface area contributed by atoms with Gasteiger partial charge >= 0.3 is 0 Å². The van der Waals surface area contributed by atoms with Crippen molar-refractivity contribution >= 4 is 6.29 Å². The molecule has 2 heterocycles. The Morgan fingerprint density at radius 3 is 2.71 bits per heavy atom. The van der Waals surface area contributed by atoms with E-state index in [2.05, 4.69) is 14.6 Å². The molecule has 0 radical (unpaired) electrons. The normalized spacial score (nSPS) is 10.8. The summed E-state index contributed by atoms with van der Waals surface area (Å²) in [6.07, 6.45) is 3.37. The third kappa shape index (κ3) is 2.27. The molecule has 0 fully saturated rings. The average molecular weight is 232 g/mol. The van der Waals surface area contributed by atoms with Gasteiger partial charge in [0.05, 0.1) is 0 Å². The second kappa shape index (κ2) is 4.53. The molecule has 0 spiro atoms. The van der Waals surface area contributed by atoms with Crippen LogP contribution in [0.15, 0.2) is 12.4 Å². The van der Waals surface area contributed by atoms with E-state index in [1.165, 1.54) is 0 Å². The van der Waals surface area contributed by atoms with E-state index >= 15 is 0 Å². The Kier molecular flexibility index (Phi) is 3.08. The van der Waals surface area contributed by atoms with Crippen LogP contribution < -0.4 is 0 Å². The molecule has 90 valence electrons. The monoisotopic (exact) mass is 232 g/mol. The number of hydrogen-bond acceptors (Lipinski definition) is 3. The molecule has 0 unspecified atom stereocenters. The topological polar surface area (TPSA) is 52.7 Å². The van der Waals surface area contributed by atoms with Crippen molar-refractivity contribution in [1.82, 2.24) is 19.3 Å². The van der Waals surface area contributed by atoms with Gasteiger partial charge in [-0.15, -0.1) is 0 Å². The van der Waals surface area contributed by atoms with Gasteiger partial charge in [-0.25, -0.2) is 4.98 Å². The lowest BCUT2D eigenvalue weighted by molar-refractivity contribution is 0.112. The van der Waals surface area contributed by atoms with Gasteiger partial charge in [-0.3, -0.25) is 9.48 Å². The summed E-state index contributed by atoms with van der Waals surface area (Å²) in [5.41, 5.74) is 2.87. The highest BCUT2D eigenvalue weighted by Gasteiger charge is 2.08. The van der Waals surface area contributed by atoms with Crippen molar-refractivity contribution in [2.24, 2.45) is 7.05 Å². The summed E-state index contributed by atoms with van der Waals surface area (Å²) in [7, 11) is 1.85. The highest BCUT2D eigenvalue weighted by Crippen LogP contribution is 2.13. The molecule has 2 aromatic heterocycles. The van der Waals surface area contributed by atoms with Crippen molar-refractivity contribution in [2.45, 2.75) is 26.8 Å². The van der Waals surface area contributed by atoms with Gasteiger partial charge in [0, 0.05) is 37.0 Å². The molecule has 0 aliphatic carbocycles. The number of nitrogens with zero attached hydrogens (tertiary/aromatic N) is 4. The van der Waals surface area contributed by atoms with Crippen LogP contribution in [-0.2, 0) is 20.0 Å². The Morgan fingerprint density at radius 2 is 2.18 bits per heavy atom. The summed E-state index contributed by atoms with van der Waals surface area (Å²) in [6, 6.07) is 1.91. The second-order valence-corrected chi connectivity index (χ2v) is 4.18. The molecule has 0 atom stereocenters. The lowest BCUT2D eigenvalue weighted by Crippen LogP contribution is -2.06. The van der Waals surface area contributed by atoms with Crippen LogP contribution in [0.5, 0.6) is 0 Å². The minimum atomic E-state index is 0.761. The number of rotatable bonds is 4.